The minimum Gasteiger partial charge on any atom is -0.354 e. The van der Waals surface area contributed by atoms with Crippen molar-refractivity contribution in [3.05, 3.63) is 11.1 Å². The van der Waals surface area contributed by atoms with Crippen LogP contribution in [0.4, 0.5) is 5.13 Å². The average Bonchev–Trinajstić information content (AvgIpc) is 2.34. The van der Waals surface area contributed by atoms with Gasteiger partial charge in [-0.1, -0.05) is 6.92 Å². The van der Waals surface area contributed by atoms with Crippen LogP contribution in [0.2, 0.25) is 0 Å². The summed E-state index contributed by atoms with van der Waals surface area (Å²) in [5, 5.41) is 1.09. The topological polar surface area (TPSA) is 16.1 Å². The van der Waals surface area contributed by atoms with E-state index in [1.54, 1.807) is 11.3 Å². The predicted molar refractivity (Wildman–Crippen MR) is 45.8 cm³/mol. The van der Waals surface area contributed by atoms with E-state index in [-0.39, 0.29) is 0 Å². The largest absolute Gasteiger partial charge is 0.354 e. The minimum atomic E-state index is 1.09. The molecule has 0 aliphatic heterocycles. The molecule has 1 aromatic rings. The summed E-state index contributed by atoms with van der Waals surface area (Å²) in [5.74, 6) is 0. The Morgan fingerprint density at radius 3 is 2.60 bits per heavy atom. The number of rotatable bonds is 2. The Bertz CT molecular complexity index is 205. The van der Waals surface area contributed by atoms with Crippen LogP contribution in [0.15, 0.2) is 6.20 Å². The molecule has 10 heavy (non-hydrogen) atoms. The van der Waals surface area contributed by atoms with Crippen molar-refractivity contribution in [3.63, 3.8) is 0 Å². The molecule has 0 amide bonds. The zero-order valence-corrected chi connectivity index (χ0v) is 7.40. The number of nitrogens with zero attached hydrogens (tertiary/aromatic N) is 2. The minimum absolute atomic E-state index is 1.09. The fourth-order valence-electron chi connectivity index (χ4n) is 0.667. The van der Waals surface area contributed by atoms with Crippen LogP contribution in [-0.2, 0) is 6.42 Å². The highest BCUT2D eigenvalue weighted by molar-refractivity contribution is 7.15. The van der Waals surface area contributed by atoms with Crippen molar-refractivity contribution in [2.45, 2.75) is 13.3 Å². The van der Waals surface area contributed by atoms with Crippen molar-refractivity contribution >= 4 is 16.5 Å². The third-order valence-corrected chi connectivity index (χ3v) is 2.58. The first-order chi connectivity index (χ1) is 4.74. The smallest absolute Gasteiger partial charge is 0.184 e. The van der Waals surface area contributed by atoms with Gasteiger partial charge < -0.3 is 4.90 Å². The summed E-state index contributed by atoms with van der Waals surface area (Å²) >= 11 is 1.76. The molecule has 0 aliphatic carbocycles. The van der Waals surface area contributed by atoms with Gasteiger partial charge in [0, 0.05) is 25.2 Å². The molecular weight excluding hydrogens is 144 g/mol. The molecule has 0 aromatic carbocycles. The third-order valence-electron chi connectivity index (χ3n) is 1.27. The van der Waals surface area contributed by atoms with E-state index in [9.17, 15) is 0 Å². The van der Waals surface area contributed by atoms with Crippen molar-refractivity contribution in [1.29, 1.82) is 0 Å². The zero-order valence-electron chi connectivity index (χ0n) is 6.59. The molecule has 1 rings (SSSR count). The summed E-state index contributed by atoms with van der Waals surface area (Å²) in [4.78, 5) is 7.61. The maximum absolute atomic E-state index is 4.23. The van der Waals surface area contributed by atoms with Crippen LogP contribution in [0.3, 0.4) is 0 Å². The number of thiazole rings is 1. The van der Waals surface area contributed by atoms with E-state index in [0.717, 1.165) is 11.6 Å². The van der Waals surface area contributed by atoms with Gasteiger partial charge in [-0.25, -0.2) is 4.98 Å². The lowest BCUT2D eigenvalue weighted by Gasteiger charge is -2.04. The maximum atomic E-state index is 4.23. The SMILES string of the molecule is CCc1cnc(N(C)C)s1. The van der Waals surface area contributed by atoms with E-state index in [0.29, 0.717) is 0 Å². The average molecular weight is 156 g/mol. The second kappa shape index (κ2) is 3.01. The van der Waals surface area contributed by atoms with Gasteiger partial charge in [-0.05, 0) is 6.42 Å². The Morgan fingerprint density at radius 1 is 1.60 bits per heavy atom. The summed E-state index contributed by atoms with van der Waals surface area (Å²) in [6.07, 6.45) is 3.03. The number of anilines is 1. The zero-order chi connectivity index (χ0) is 7.56. The molecule has 0 fully saturated rings. The molecule has 1 aromatic heterocycles. The molecule has 0 atom stereocenters. The van der Waals surface area contributed by atoms with Gasteiger partial charge in [0.15, 0.2) is 5.13 Å². The van der Waals surface area contributed by atoms with Gasteiger partial charge in [-0.2, -0.15) is 0 Å². The second-order valence-electron chi connectivity index (χ2n) is 2.36. The Balaban J connectivity index is 2.78. The monoisotopic (exact) mass is 156 g/mol. The van der Waals surface area contributed by atoms with Gasteiger partial charge >= 0.3 is 0 Å². The molecule has 0 N–H and O–H groups in total. The van der Waals surface area contributed by atoms with Crippen molar-refractivity contribution in [2.24, 2.45) is 0 Å². The Hall–Kier alpha value is -0.570. The molecule has 0 spiro atoms. The molecule has 1 heterocycles. The van der Waals surface area contributed by atoms with E-state index in [1.165, 1.54) is 4.88 Å². The lowest BCUT2D eigenvalue weighted by atomic mass is 10.4. The fraction of sp³-hybridized carbons (Fsp3) is 0.571. The number of hydrogen-bond donors (Lipinski definition) is 0. The van der Waals surface area contributed by atoms with Crippen molar-refractivity contribution in [3.8, 4) is 0 Å². The first-order valence-electron chi connectivity index (χ1n) is 3.36. The first-order valence-corrected chi connectivity index (χ1v) is 4.17. The summed E-state index contributed by atoms with van der Waals surface area (Å²) in [6.45, 7) is 2.15. The number of aromatic nitrogens is 1. The van der Waals surface area contributed by atoms with Crippen LogP contribution in [0.1, 0.15) is 11.8 Å². The lowest BCUT2D eigenvalue weighted by Crippen LogP contribution is -2.07. The van der Waals surface area contributed by atoms with Gasteiger partial charge in [0.25, 0.3) is 0 Å². The summed E-state index contributed by atoms with van der Waals surface area (Å²) in [6, 6.07) is 0. The maximum Gasteiger partial charge on any atom is 0.184 e. The second-order valence-corrected chi connectivity index (χ2v) is 3.45. The van der Waals surface area contributed by atoms with Crippen molar-refractivity contribution in [2.75, 3.05) is 19.0 Å². The summed E-state index contributed by atoms with van der Waals surface area (Å²) < 4.78 is 0. The van der Waals surface area contributed by atoms with Crippen LogP contribution in [0.25, 0.3) is 0 Å². The van der Waals surface area contributed by atoms with Gasteiger partial charge in [0.1, 0.15) is 0 Å². The van der Waals surface area contributed by atoms with Crippen LogP contribution in [-0.4, -0.2) is 19.1 Å². The molecule has 2 nitrogen and oxygen atoms in total. The van der Waals surface area contributed by atoms with Gasteiger partial charge in [-0.3, -0.25) is 0 Å². The molecule has 0 radical (unpaired) electrons. The van der Waals surface area contributed by atoms with Crippen molar-refractivity contribution in [1.82, 2.24) is 4.98 Å². The quantitative estimate of drug-likeness (QED) is 0.648. The molecule has 0 unspecified atom stereocenters. The molecular formula is C7H12N2S. The lowest BCUT2D eigenvalue weighted by molar-refractivity contribution is 1.10. The van der Waals surface area contributed by atoms with E-state index >= 15 is 0 Å². The summed E-state index contributed by atoms with van der Waals surface area (Å²) in [5.41, 5.74) is 0. The predicted octanol–water partition coefficient (Wildman–Crippen LogP) is 1.77. The Morgan fingerprint density at radius 2 is 2.30 bits per heavy atom. The van der Waals surface area contributed by atoms with Crippen LogP contribution < -0.4 is 4.90 Å². The third kappa shape index (κ3) is 1.48. The van der Waals surface area contributed by atoms with E-state index in [4.69, 9.17) is 0 Å². The van der Waals surface area contributed by atoms with E-state index in [1.807, 2.05) is 25.2 Å². The number of hydrogen-bond acceptors (Lipinski definition) is 3. The van der Waals surface area contributed by atoms with Crippen LogP contribution in [0, 0.1) is 0 Å². The molecule has 0 aliphatic rings. The fourth-order valence-corrected chi connectivity index (χ4v) is 1.44. The van der Waals surface area contributed by atoms with Gasteiger partial charge in [-0.15, -0.1) is 11.3 Å². The highest BCUT2D eigenvalue weighted by Crippen LogP contribution is 2.19. The molecule has 0 saturated heterocycles. The van der Waals surface area contributed by atoms with E-state index < -0.39 is 0 Å². The first kappa shape index (κ1) is 7.54. The van der Waals surface area contributed by atoms with Crippen LogP contribution >= 0.6 is 11.3 Å². The molecule has 3 heteroatoms. The highest BCUT2D eigenvalue weighted by Gasteiger charge is 1.99. The highest BCUT2D eigenvalue weighted by atomic mass is 32.1. The Labute approximate surface area is 65.5 Å². The van der Waals surface area contributed by atoms with E-state index in [2.05, 4.69) is 11.9 Å². The molecule has 0 bridgehead atoms. The van der Waals surface area contributed by atoms with Crippen LogP contribution in [0.5, 0.6) is 0 Å². The normalized spacial score (nSPS) is 9.90. The van der Waals surface area contributed by atoms with Crippen molar-refractivity contribution < 1.29 is 0 Å². The number of aryl methyl sites for hydroxylation is 1. The van der Waals surface area contributed by atoms with Gasteiger partial charge in [0.2, 0.25) is 0 Å². The molecule has 0 saturated carbocycles. The summed E-state index contributed by atoms with van der Waals surface area (Å²) in [7, 11) is 4.02. The Kier molecular flexibility index (Phi) is 2.27. The molecule has 56 valence electrons. The standard InChI is InChI=1S/C7H12N2S/c1-4-6-5-8-7(10-6)9(2)3/h5H,4H2,1-3H3. The van der Waals surface area contributed by atoms with Gasteiger partial charge in [0.05, 0.1) is 0 Å².